The van der Waals surface area contributed by atoms with Gasteiger partial charge in [-0.2, -0.15) is 0 Å². The molecule has 0 atom stereocenters. The molecule has 0 spiro atoms. The number of hydrogen-bond acceptors (Lipinski definition) is 6. The van der Waals surface area contributed by atoms with Gasteiger partial charge < -0.3 is 11.1 Å². The van der Waals surface area contributed by atoms with Gasteiger partial charge in [0.2, 0.25) is 10.0 Å². The number of aromatic nitrogens is 1. The van der Waals surface area contributed by atoms with Crippen molar-refractivity contribution in [3.63, 3.8) is 0 Å². The molecular weight excluding hydrogens is 272 g/mol. The predicted molar refractivity (Wildman–Crippen MR) is 72.1 cm³/mol. The Morgan fingerprint density at radius 1 is 1.33 bits per heavy atom. The number of nitrogens with one attached hydrogen (secondary N) is 1. The van der Waals surface area contributed by atoms with E-state index >= 15 is 0 Å². The molecule has 2 rings (SSSR count). The zero-order valence-electron chi connectivity index (χ0n) is 10.2. The predicted octanol–water partition coefficient (Wildman–Crippen LogP) is 0.781. The molecule has 1 aromatic heterocycles. The van der Waals surface area contributed by atoms with Crippen molar-refractivity contribution in [1.29, 1.82) is 0 Å². The lowest BCUT2D eigenvalue weighted by Gasteiger charge is -2.26. The fraction of sp³-hybridized carbons (Fsp3) is 0.700. The first-order valence-corrected chi connectivity index (χ1v) is 8.25. The van der Waals surface area contributed by atoms with E-state index < -0.39 is 10.0 Å². The van der Waals surface area contributed by atoms with Gasteiger partial charge in [0, 0.05) is 12.1 Å². The molecule has 0 unspecified atom stereocenters. The molecule has 1 aliphatic carbocycles. The van der Waals surface area contributed by atoms with Crippen LogP contribution >= 0.6 is 11.3 Å². The van der Waals surface area contributed by atoms with Crippen LogP contribution in [0.4, 0.5) is 5.13 Å². The van der Waals surface area contributed by atoms with Crippen molar-refractivity contribution < 1.29 is 8.42 Å². The average Bonchev–Trinajstić information content (AvgIpc) is 2.63. The summed E-state index contributed by atoms with van der Waals surface area (Å²) in [4.78, 5) is 4.21. The lowest BCUT2D eigenvalue weighted by Crippen LogP contribution is -2.32. The van der Waals surface area contributed by atoms with Crippen LogP contribution in [0.3, 0.4) is 0 Å². The van der Waals surface area contributed by atoms with E-state index in [0.717, 1.165) is 37.0 Å². The number of thiazole rings is 1. The molecule has 6 nitrogen and oxygen atoms in total. The molecule has 0 bridgehead atoms. The van der Waals surface area contributed by atoms with Crippen molar-refractivity contribution in [2.45, 2.75) is 48.9 Å². The van der Waals surface area contributed by atoms with E-state index in [1.807, 2.05) is 0 Å². The number of rotatable bonds is 3. The number of anilines is 1. The standard InChI is InChI=1S/C10H18N4O2S2/c1-6-9(18(12,15)16)17-10(13-6)14-8-4-2-7(11)3-5-8/h7-8H,2-5,11H2,1H3,(H,13,14)(H2,12,15,16). The summed E-state index contributed by atoms with van der Waals surface area (Å²) in [6.07, 6.45) is 3.96. The van der Waals surface area contributed by atoms with Crippen LogP contribution in [0.5, 0.6) is 0 Å². The first-order valence-electron chi connectivity index (χ1n) is 5.88. The molecule has 1 fully saturated rings. The van der Waals surface area contributed by atoms with E-state index in [1.54, 1.807) is 6.92 Å². The Labute approximate surface area is 111 Å². The normalized spacial score (nSPS) is 25.1. The summed E-state index contributed by atoms with van der Waals surface area (Å²) in [7, 11) is -3.67. The molecule has 0 radical (unpaired) electrons. The highest BCUT2D eigenvalue weighted by molar-refractivity contribution is 7.91. The first kappa shape index (κ1) is 13.7. The monoisotopic (exact) mass is 290 g/mol. The van der Waals surface area contributed by atoms with Gasteiger partial charge in [0.15, 0.2) is 9.34 Å². The molecule has 1 heterocycles. The van der Waals surface area contributed by atoms with Gasteiger partial charge in [0.1, 0.15) is 0 Å². The Morgan fingerprint density at radius 2 is 1.94 bits per heavy atom. The number of nitrogens with two attached hydrogens (primary N) is 2. The number of primary sulfonamides is 1. The largest absolute Gasteiger partial charge is 0.359 e. The van der Waals surface area contributed by atoms with Gasteiger partial charge in [0.05, 0.1) is 5.69 Å². The maximum absolute atomic E-state index is 11.3. The SMILES string of the molecule is Cc1nc(NC2CCC(N)CC2)sc1S(N)(=O)=O. The van der Waals surface area contributed by atoms with Crippen molar-refractivity contribution in [1.82, 2.24) is 4.98 Å². The van der Waals surface area contributed by atoms with Gasteiger partial charge in [-0.3, -0.25) is 0 Å². The van der Waals surface area contributed by atoms with E-state index in [9.17, 15) is 8.42 Å². The second kappa shape index (κ2) is 5.12. The highest BCUT2D eigenvalue weighted by atomic mass is 32.2. The van der Waals surface area contributed by atoms with Crippen LogP contribution in [0.15, 0.2) is 4.21 Å². The lowest BCUT2D eigenvalue weighted by molar-refractivity contribution is 0.411. The maximum Gasteiger partial charge on any atom is 0.249 e. The summed E-state index contributed by atoms with van der Waals surface area (Å²) in [5, 5.41) is 9.01. The van der Waals surface area contributed by atoms with Crippen molar-refractivity contribution in [2.24, 2.45) is 10.9 Å². The minimum Gasteiger partial charge on any atom is -0.359 e. The Bertz CT molecular complexity index is 518. The number of nitrogens with zero attached hydrogens (tertiary/aromatic N) is 1. The summed E-state index contributed by atoms with van der Waals surface area (Å²) >= 11 is 1.09. The van der Waals surface area contributed by atoms with Crippen LogP contribution in [0.25, 0.3) is 0 Å². The van der Waals surface area contributed by atoms with Gasteiger partial charge in [-0.15, -0.1) is 0 Å². The smallest absolute Gasteiger partial charge is 0.249 e. The molecule has 1 aliphatic rings. The quantitative estimate of drug-likeness (QED) is 0.761. The third-order valence-electron chi connectivity index (χ3n) is 3.11. The van der Waals surface area contributed by atoms with Crippen molar-refractivity contribution in [2.75, 3.05) is 5.32 Å². The lowest BCUT2D eigenvalue weighted by atomic mass is 9.92. The topological polar surface area (TPSA) is 111 Å². The van der Waals surface area contributed by atoms with Crippen LogP contribution in [-0.2, 0) is 10.0 Å². The summed E-state index contributed by atoms with van der Waals surface area (Å²) in [6, 6.07) is 0.616. The molecule has 1 saturated carbocycles. The molecule has 8 heteroatoms. The van der Waals surface area contributed by atoms with Crippen LogP contribution in [0.1, 0.15) is 31.4 Å². The van der Waals surface area contributed by atoms with Gasteiger partial charge >= 0.3 is 0 Å². The van der Waals surface area contributed by atoms with Gasteiger partial charge in [0.25, 0.3) is 0 Å². The second-order valence-corrected chi connectivity index (χ2v) is 7.45. The van der Waals surface area contributed by atoms with E-state index in [2.05, 4.69) is 10.3 Å². The van der Waals surface area contributed by atoms with Crippen LogP contribution < -0.4 is 16.2 Å². The molecule has 0 saturated heterocycles. The molecule has 0 aromatic carbocycles. The van der Waals surface area contributed by atoms with E-state index in [0.29, 0.717) is 22.9 Å². The average molecular weight is 290 g/mol. The zero-order valence-corrected chi connectivity index (χ0v) is 11.9. The summed E-state index contributed by atoms with van der Waals surface area (Å²) in [6.45, 7) is 1.65. The number of sulfonamides is 1. The molecule has 1 aromatic rings. The van der Waals surface area contributed by atoms with E-state index in [-0.39, 0.29) is 4.21 Å². The zero-order chi connectivity index (χ0) is 13.3. The van der Waals surface area contributed by atoms with E-state index in [4.69, 9.17) is 10.9 Å². The van der Waals surface area contributed by atoms with Crippen LogP contribution in [0.2, 0.25) is 0 Å². The Balaban J connectivity index is 2.07. The fourth-order valence-electron chi connectivity index (χ4n) is 2.15. The molecule has 0 amide bonds. The third-order valence-corrected chi connectivity index (χ3v) is 5.75. The number of hydrogen-bond donors (Lipinski definition) is 3. The Kier molecular flexibility index (Phi) is 3.90. The van der Waals surface area contributed by atoms with E-state index in [1.165, 1.54) is 0 Å². The van der Waals surface area contributed by atoms with Crippen LogP contribution in [-0.4, -0.2) is 25.5 Å². The Hall–Kier alpha value is -0.700. The van der Waals surface area contributed by atoms with Gasteiger partial charge in [-0.25, -0.2) is 18.5 Å². The summed E-state index contributed by atoms with van der Waals surface area (Å²) in [5.74, 6) is 0. The molecule has 5 N–H and O–H groups in total. The molecule has 0 aliphatic heterocycles. The second-order valence-electron chi connectivity index (χ2n) is 4.69. The molecule has 102 valence electrons. The van der Waals surface area contributed by atoms with Gasteiger partial charge in [-0.05, 0) is 32.6 Å². The first-order chi connectivity index (χ1) is 8.36. The minimum absolute atomic E-state index is 0.137. The minimum atomic E-state index is -3.67. The van der Waals surface area contributed by atoms with Crippen molar-refractivity contribution in [3.8, 4) is 0 Å². The fourth-order valence-corrected chi connectivity index (χ4v) is 4.08. The highest BCUT2D eigenvalue weighted by Crippen LogP contribution is 2.28. The highest BCUT2D eigenvalue weighted by Gasteiger charge is 2.22. The molecule has 18 heavy (non-hydrogen) atoms. The number of aryl methyl sites for hydroxylation is 1. The molecular formula is C10H18N4O2S2. The third kappa shape index (κ3) is 3.19. The Morgan fingerprint density at radius 3 is 2.44 bits per heavy atom. The van der Waals surface area contributed by atoms with Crippen LogP contribution in [0, 0.1) is 6.92 Å². The van der Waals surface area contributed by atoms with Crippen molar-refractivity contribution >= 4 is 26.5 Å². The summed E-state index contributed by atoms with van der Waals surface area (Å²) in [5.41, 5.74) is 6.30. The van der Waals surface area contributed by atoms with Crippen molar-refractivity contribution in [3.05, 3.63) is 5.69 Å². The van der Waals surface area contributed by atoms with Gasteiger partial charge in [-0.1, -0.05) is 11.3 Å². The maximum atomic E-state index is 11.3. The summed E-state index contributed by atoms with van der Waals surface area (Å²) < 4.78 is 22.7.